The van der Waals surface area contributed by atoms with Crippen LogP contribution in [-0.4, -0.2) is 11.3 Å². The highest BCUT2D eigenvalue weighted by atomic mass is 32.2. The number of carbonyl (C=O) groups is 1. The van der Waals surface area contributed by atoms with E-state index >= 15 is 0 Å². The molecule has 0 aliphatic carbocycles. The van der Waals surface area contributed by atoms with Crippen molar-refractivity contribution in [1.82, 2.24) is 4.98 Å². The molecule has 0 atom stereocenters. The number of hydrogen-bond acceptors (Lipinski definition) is 2. The van der Waals surface area contributed by atoms with Gasteiger partial charge in [0.25, 0.3) is 0 Å². The molecule has 0 aliphatic rings. The van der Waals surface area contributed by atoms with Crippen molar-refractivity contribution in [2.75, 3.05) is 0 Å². The summed E-state index contributed by atoms with van der Waals surface area (Å²) < 4.78 is 0. The van der Waals surface area contributed by atoms with Crippen molar-refractivity contribution < 1.29 is 4.79 Å². The molecular weight excluding hydrogens is 254 g/mol. The smallest absolute Gasteiger partial charge is 0.150 e. The van der Waals surface area contributed by atoms with E-state index in [1.807, 2.05) is 37.3 Å². The number of nitrogens with one attached hydrogen (secondary N) is 1. The molecule has 0 amide bonds. The van der Waals surface area contributed by atoms with Crippen molar-refractivity contribution in [3.63, 3.8) is 0 Å². The predicted octanol–water partition coefficient (Wildman–Crippen LogP) is 4.44. The highest BCUT2D eigenvalue weighted by Gasteiger charge is 2.04. The molecule has 0 spiro atoms. The number of aldehydes is 1. The number of aromatic amines is 1. The molecule has 0 saturated carbocycles. The molecule has 3 heteroatoms. The Balaban J connectivity index is 1.92. The van der Waals surface area contributed by atoms with Crippen LogP contribution in [0.1, 0.15) is 15.9 Å². The molecule has 1 N–H and O–H groups in total. The molecule has 3 aromatic rings. The average molecular weight is 267 g/mol. The van der Waals surface area contributed by atoms with Crippen molar-refractivity contribution in [3.05, 3.63) is 59.7 Å². The van der Waals surface area contributed by atoms with Gasteiger partial charge in [0.2, 0.25) is 0 Å². The Bertz CT molecular complexity index is 712. The summed E-state index contributed by atoms with van der Waals surface area (Å²) in [7, 11) is 0. The molecule has 1 aromatic heterocycles. The summed E-state index contributed by atoms with van der Waals surface area (Å²) in [5.74, 6) is 0. The van der Waals surface area contributed by atoms with Crippen molar-refractivity contribution in [1.29, 1.82) is 0 Å². The number of carbonyl (C=O) groups excluding carboxylic acids is 1. The molecule has 19 heavy (non-hydrogen) atoms. The zero-order valence-corrected chi connectivity index (χ0v) is 11.3. The summed E-state index contributed by atoms with van der Waals surface area (Å²) in [6.07, 6.45) is 0.896. The van der Waals surface area contributed by atoms with Gasteiger partial charge in [-0.05, 0) is 36.8 Å². The number of rotatable bonds is 3. The fourth-order valence-electron chi connectivity index (χ4n) is 2.07. The molecular formula is C16H13NOS. The third-order valence-electron chi connectivity index (χ3n) is 3.10. The monoisotopic (exact) mass is 267 g/mol. The fraction of sp³-hybridized carbons (Fsp3) is 0.0625. The topological polar surface area (TPSA) is 32.9 Å². The van der Waals surface area contributed by atoms with Crippen LogP contribution in [0.2, 0.25) is 0 Å². The molecule has 0 fully saturated rings. The largest absolute Gasteiger partial charge is 0.349 e. The van der Waals surface area contributed by atoms with Crippen LogP contribution in [0.3, 0.4) is 0 Å². The van der Waals surface area contributed by atoms with Gasteiger partial charge in [0, 0.05) is 21.4 Å². The first-order valence-electron chi connectivity index (χ1n) is 6.08. The van der Waals surface area contributed by atoms with Crippen LogP contribution in [0.5, 0.6) is 0 Å². The summed E-state index contributed by atoms with van der Waals surface area (Å²) in [4.78, 5) is 15.3. The van der Waals surface area contributed by atoms with E-state index in [1.54, 1.807) is 11.8 Å². The van der Waals surface area contributed by atoms with Gasteiger partial charge < -0.3 is 4.98 Å². The lowest BCUT2D eigenvalue weighted by molar-refractivity contribution is 0.112. The number of benzene rings is 2. The Hall–Kier alpha value is -2.00. The molecule has 0 unspecified atom stereocenters. The summed E-state index contributed by atoms with van der Waals surface area (Å²) in [6.45, 7) is 1.96. The number of fused-ring (bicyclic) bond motifs is 1. The van der Waals surface area contributed by atoms with Crippen molar-refractivity contribution in [3.8, 4) is 0 Å². The Morgan fingerprint density at radius 2 is 1.95 bits per heavy atom. The van der Waals surface area contributed by atoms with Crippen LogP contribution in [0.4, 0.5) is 0 Å². The van der Waals surface area contributed by atoms with Crippen LogP contribution in [0.25, 0.3) is 10.9 Å². The normalized spacial score (nSPS) is 10.8. The number of aryl methyl sites for hydroxylation is 1. The van der Waals surface area contributed by atoms with Gasteiger partial charge in [-0.25, -0.2) is 0 Å². The van der Waals surface area contributed by atoms with Crippen LogP contribution < -0.4 is 0 Å². The second kappa shape index (κ2) is 4.94. The first kappa shape index (κ1) is 12.1. The molecule has 0 radical (unpaired) electrons. The van der Waals surface area contributed by atoms with E-state index in [0.717, 1.165) is 32.9 Å². The molecule has 3 rings (SSSR count). The molecule has 94 valence electrons. The van der Waals surface area contributed by atoms with E-state index in [1.165, 1.54) is 5.39 Å². The third-order valence-corrected chi connectivity index (χ3v) is 4.03. The van der Waals surface area contributed by atoms with Crippen molar-refractivity contribution >= 4 is 29.0 Å². The van der Waals surface area contributed by atoms with Gasteiger partial charge in [-0.1, -0.05) is 36.0 Å². The van der Waals surface area contributed by atoms with Crippen LogP contribution in [0, 0.1) is 6.92 Å². The van der Waals surface area contributed by atoms with E-state index in [9.17, 15) is 4.79 Å². The molecule has 2 nitrogen and oxygen atoms in total. The van der Waals surface area contributed by atoms with Gasteiger partial charge in [0.05, 0.1) is 5.03 Å². The zero-order chi connectivity index (χ0) is 13.2. The van der Waals surface area contributed by atoms with Crippen LogP contribution >= 0.6 is 11.8 Å². The second-order valence-corrected chi connectivity index (χ2v) is 5.57. The van der Waals surface area contributed by atoms with Crippen LogP contribution in [-0.2, 0) is 0 Å². The average Bonchev–Trinajstić information content (AvgIpc) is 2.81. The van der Waals surface area contributed by atoms with Gasteiger partial charge in [0.1, 0.15) is 6.29 Å². The standard InChI is InChI=1S/C16H13NOS/c1-11-8-14(7-6-13(11)10-18)19-16-9-12-4-2-3-5-15(12)17-16/h2-10,17H,1H3. The van der Waals surface area contributed by atoms with Gasteiger partial charge in [-0.2, -0.15) is 0 Å². The van der Waals surface area contributed by atoms with E-state index in [-0.39, 0.29) is 0 Å². The lowest BCUT2D eigenvalue weighted by atomic mass is 10.1. The Labute approximate surface area is 115 Å². The highest BCUT2D eigenvalue weighted by molar-refractivity contribution is 7.99. The maximum absolute atomic E-state index is 10.8. The van der Waals surface area contributed by atoms with Gasteiger partial charge >= 0.3 is 0 Å². The zero-order valence-electron chi connectivity index (χ0n) is 10.5. The van der Waals surface area contributed by atoms with Gasteiger partial charge in [-0.3, -0.25) is 4.79 Å². The maximum Gasteiger partial charge on any atom is 0.150 e. The molecule has 0 aliphatic heterocycles. The van der Waals surface area contributed by atoms with Crippen molar-refractivity contribution in [2.45, 2.75) is 16.8 Å². The minimum absolute atomic E-state index is 0.751. The van der Waals surface area contributed by atoms with Gasteiger partial charge in [0.15, 0.2) is 0 Å². The highest BCUT2D eigenvalue weighted by Crippen LogP contribution is 2.30. The third kappa shape index (κ3) is 2.42. The summed E-state index contributed by atoms with van der Waals surface area (Å²) in [5.41, 5.74) is 2.91. The second-order valence-electron chi connectivity index (χ2n) is 4.46. The number of hydrogen-bond donors (Lipinski definition) is 1. The van der Waals surface area contributed by atoms with Gasteiger partial charge in [-0.15, -0.1) is 0 Å². The minimum atomic E-state index is 0.751. The SMILES string of the molecule is Cc1cc(Sc2cc3ccccc3[nH]2)ccc1C=O. The molecule has 0 bridgehead atoms. The van der Waals surface area contributed by atoms with Crippen molar-refractivity contribution in [2.24, 2.45) is 0 Å². The van der Waals surface area contributed by atoms with E-state index in [4.69, 9.17) is 0 Å². The Morgan fingerprint density at radius 3 is 2.68 bits per heavy atom. The first-order chi connectivity index (χ1) is 9.26. The fourth-order valence-corrected chi connectivity index (χ4v) is 3.05. The Kier molecular flexibility index (Phi) is 3.13. The maximum atomic E-state index is 10.8. The quantitative estimate of drug-likeness (QED) is 0.712. The van der Waals surface area contributed by atoms with E-state index in [2.05, 4.69) is 23.2 Å². The number of para-hydroxylation sites is 1. The summed E-state index contributed by atoms with van der Waals surface area (Å²) in [6, 6.07) is 16.3. The Morgan fingerprint density at radius 1 is 1.11 bits per heavy atom. The first-order valence-corrected chi connectivity index (χ1v) is 6.89. The van der Waals surface area contributed by atoms with E-state index < -0.39 is 0 Å². The lowest BCUT2D eigenvalue weighted by Gasteiger charge is -2.02. The summed E-state index contributed by atoms with van der Waals surface area (Å²) >= 11 is 1.68. The molecule has 0 saturated heterocycles. The van der Waals surface area contributed by atoms with Crippen LogP contribution in [0.15, 0.2) is 58.5 Å². The molecule has 1 heterocycles. The minimum Gasteiger partial charge on any atom is -0.349 e. The van der Waals surface area contributed by atoms with E-state index in [0.29, 0.717) is 0 Å². The lowest BCUT2D eigenvalue weighted by Crippen LogP contribution is -1.85. The summed E-state index contributed by atoms with van der Waals surface area (Å²) in [5, 5.41) is 2.32. The predicted molar refractivity (Wildman–Crippen MR) is 79.0 cm³/mol. The number of H-pyrrole nitrogens is 1. The molecule has 2 aromatic carbocycles. The number of aromatic nitrogens is 1.